The van der Waals surface area contributed by atoms with Crippen molar-refractivity contribution in [3.05, 3.63) is 0 Å². The molecule has 118 valence electrons. The fraction of sp³-hybridized carbons (Fsp3) is 0.882. The van der Waals surface area contributed by atoms with Crippen LogP contribution in [0.4, 0.5) is 0 Å². The monoisotopic (exact) mass is 292 g/mol. The van der Waals surface area contributed by atoms with Gasteiger partial charge in [-0.25, -0.2) is 0 Å². The number of nitrogens with one attached hydrogen (secondary N) is 1. The van der Waals surface area contributed by atoms with Crippen LogP contribution in [0.2, 0.25) is 0 Å². The fourth-order valence-electron chi connectivity index (χ4n) is 4.43. The van der Waals surface area contributed by atoms with Gasteiger partial charge in [0.1, 0.15) is 0 Å². The Hall–Kier alpha value is -0.900. The van der Waals surface area contributed by atoms with Crippen molar-refractivity contribution < 1.29 is 9.59 Å². The lowest BCUT2D eigenvalue weighted by Crippen LogP contribution is -2.47. The second-order valence-corrected chi connectivity index (χ2v) is 7.10. The van der Waals surface area contributed by atoms with E-state index in [1.807, 2.05) is 0 Å². The minimum Gasteiger partial charge on any atom is -0.303 e. The van der Waals surface area contributed by atoms with E-state index in [2.05, 4.69) is 12.2 Å². The third-order valence-corrected chi connectivity index (χ3v) is 5.67. The number of rotatable bonds is 4. The molecule has 0 radical (unpaired) electrons. The molecular weight excluding hydrogens is 264 g/mol. The number of likely N-dealkylation sites (tertiary alicyclic amines) is 1. The Morgan fingerprint density at radius 2 is 1.86 bits per heavy atom. The highest BCUT2D eigenvalue weighted by Gasteiger charge is 2.43. The van der Waals surface area contributed by atoms with E-state index in [0.29, 0.717) is 12.5 Å². The van der Waals surface area contributed by atoms with Crippen molar-refractivity contribution in [2.24, 2.45) is 5.92 Å². The van der Waals surface area contributed by atoms with Crippen LogP contribution in [0.5, 0.6) is 0 Å². The number of nitrogens with zero attached hydrogens (tertiary/aromatic N) is 1. The van der Waals surface area contributed by atoms with Gasteiger partial charge in [-0.2, -0.15) is 0 Å². The average molecular weight is 292 g/mol. The summed E-state index contributed by atoms with van der Waals surface area (Å²) in [6.45, 7) is 2.25. The van der Waals surface area contributed by atoms with Crippen LogP contribution in [0.15, 0.2) is 0 Å². The molecule has 4 nitrogen and oxygen atoms in total. The minimum atomic E-state index is -0.251. The van der Waals surface area contributed by atoms with Gasteiger partial charge in [-0.1, -0.05) is 39.0 Å². The first kappa shape index (κ1) is 15.0. The summed E-state index contributed by atoms with van der Waals surface area (Å²) in [4.78, 5) is 26.4. The van der Waals surface area contributed by atoms with Crippen molar-refractivity contribution in [3.63, 3.8) is 0 Å². The Kier molecular flexibility index (Phi) is 4.63. The summed E-state index contributed by atoms with van der Waals surface area (Å²) in [6, 6.07) is 0.360. The Bertz CT molecular complexity index is 404. The molecule has 1 heterocycles. The normalized spacial score (nSPS) is 34.9. The number of carbonyl (C=O) groups is 2. The van der Waals surface area contributed by atoms with Gasteiger partial charge in [-0.3, -0.25) is 14.5 Å². The number of imide groups is 1. The van der Waals surface area contributed by atoms with E-state index >= 15 is 0 Å². The molecular formula is C17H28N2O2. The maximum absolute atomic E-state index is 12.6. The van der Waals surface area contributed by atoms with Crippen molar-refractivity contribution in [2.45, 2.75) is 89.3 Å². The lowest BCUT2D eigenvalue weighted by atomic mass is 9.84. The van der Waals surface area contributed by atoms with E-state index in [0.717, 1.165) is 44.4 Å². The van der Waals surface area contributed by atoms with Crippen LogP contribution in [0.3, 0.4) is 0 Å². The first-order valence-electron chi connectivity index (χ1n) is 8.81. The summed E-state index contributed by atoms with van der Waals surface area (Å²) >= 11 is 0. The van der Waals surface area contributed by atoms with Crippen LogP contribution in [0, 0.1) is 5.92 Å². The Balaban J connectivity index is 1.59. The summed E-state index contributed by atoms with van der Waals surface area (Å²) in [5.74, 6) is 0.882. The van der Waals surface area contributed by atoms with E-state index in [1.54, 1.807) is 4.90 Å². The second kappa shape index (κ2) is 6.47. The van der Waals surface area contributed by atoms with E-state index in [-0.39, 0.29) is 23.9 Å². The van der Waals surface area contributed by atoms with Crippen LogP contribution in [-0.2, 0) is 9.59 Å². The highest BCUT2D eigenvalue weighted by Crippen LogP contribution is 2.30. The third-order valence-electron chi connectivity index (χ3n) is 5.67. The maximum Gasteiger partial charge on any atom is 0.247 e. The molecule has 21 heavy (non-hydrogen) atoms. The van der Waals surface area contributed by atoms with E-state index in [9.17, 15) is 9.59 Å². The first-order valence-corrected chi connectivity index (χ1v) is 8.81. The quantitative estimate of drug-likeness (QED) is 0.810. The van der Waals surface area contributed by atoms with Crippen LogP contribution >= 0.6 is 0 Å². The summed E-state index contributed by atoms with van der Waals surface area (Å²) in [5, 5.41) is 3.50. The van der Waals surface area contributed by atoms with Crippen LogP contribution < -0.4 is 5.32 Å². The van der Waals surface area contributed by atoms with Crippen molar-refractivity contribution in [3.8, 4) is 0 Å². The molecule has 2 saturated carbocycles. The molecule has 3 aliphatic rings. The Morgan fingerprint density at radius 1 is 1.10 bits per heavy atom. The number of hydrogen-bond acceptors (Lipinski definition) is 3. The minimum absolute atomic E-state index is 0.0468. The zero-order chi connectivity index (χ0) is 14.8. The Labute approximate surface area is 127 Å². The largest absolute Gasteiger partial charge is 0.303 e. The predicted molar refractivity (Wildman–Crippen MR) is 81.7 cm³/mol. The zero-order valence-electron chi connectivity index (χ0n) is 13.1. The van der Waals surface area contributed by atoms with Gasteiger partial charge < -0.3 is 5.32 Å². The molecule has 0 spiro atoms. The topological polar surface area (TPSA) is 49.4 Å². The van der Waals surface area contributed by atoms with Gasteiger partial charge in [-0.15, -0.1) is 0 Å². The molecule has 3 unspecified atom stereocenters. The molecule has 2 amide bonds. The van der Waals surface area contributed by atoms with Crippen LogP contribution in [-0.4, -0.2) is 34.8 Å². The van der Waals surface area contributed by atoms with Gasteiger partial charge in [-0.05, 0) is 31.6 Å². The first-order chi connectivity index (χ1) is 10.2. The molecule has 3 fully saturated rings. The molecule has 1 saturated heterocycles. The van der Waals surface area contributed by atoms with Crippen LogP contribution in [0.25, 0.3) is 0 Å². The molecule has 0 aromatic heterocycles. The predicted octanol–water partition coefficient (Wildman–Crippen LogP) is 2.61. The smallest absolute Gasteiger partial charge is 0.247 e. The van der Waals surface area contributed by atoms with Gasteiger partial charge in [0, 0.05) is 12.1 Å². The summed E-state index contributed by atoms with van der Waals surface area (Å²) in [6.07, 6.45) is 10.8. The summed E-state index contributed by atoms with van der Waals surface area (Å²) < 4.78 is 0. The molecule has 0 bridgehead atoms. The molecule has 0 aromatic carbocycles. The van der Waals surface area contributed by atoms with Crippen molar-refractivity contribution in [2.75, 3.05) is 0 Å². The third kappa shape index (κ3) is 3.15. The second-order valence-electron chi connectivity index (χ2n) is 7.10. The van der Waals surface area contributed by atoms with E-state index in [1.165, 1.54) is 19.3 Å². The van der Waals surface area contributed by atoms with Gasteiger partial charge in [0.05, 0.1) is 12.5 Å². The molecule has 1 aliphatic heterocycles. The number of amides is 2. The highest BCUT2D eigenvalue weighted by molar-refractivity contribution is 6.05. The highest BCUT2D eigenvalue weighted by atomic mass is 16.2. The average Bonchev–Trinajstić information content (AvgIpc) is 3.08. The van der Waals surface area contributed by atoms with Crippen molar-refractivity contribution in [1.29, 1.82) is 0 Å². The summed E-state index contributed by atoms with van der Waals surface area (Å²) in [5.41, 5.74) is 0. The molecule has 1 N–H and O–H groups in total. The SMILES string of the molecule is CCC1CCCC(NC2CC(=O)N(C3CCCC3)C2=O)C1. The lowest BCUT2D eigenvalue weighted by Gasteiger charge is -2.31. The molecule has 3 rings (SSSR count). The fourth-order valence-corrected chi connectivity index (χ4v) is 4.43. The maximum atomic E-state index is 12.6. The number of hydrogen-bond donors (Lipinski definition) is 1. The van der Waals surface area contributed by atoms with Gasteiger partial charge in [0.2, 0.25) is 11.8 Å². The van der Waals surface area contributed by atoms with Gasteiger partial charge in [0.25, 0.3) is 0 Å². The molecule has 4 heteroatoms. The van der Waals surface area contributed by atoms with Crippen molar-refractivity contribution in [1.82, 2.24) is 10.2 Å². The number of carbonyl (C=O) groups excluding carboxylic acids is 2. The zero-order valence-corrected chi connectivity index (χ0v) is 13.1. The Morgan fingerprint density at radius 3 is 2.57 bits per heavy atom. The molecule has 2 aliphatic carbocycles. The van der Waals surface area contributed by atoms with Crippen LogP contribution in [0.1, 0.15) is 71.1 Å². The molecule has 0 aromatic rings. The van der Waals surface area contributed by atoms with Gasteiger partial charge in [0.15, 0.2) is 0 Å². The van der Waals surface area contributed by atoms with E-state index < -0.39 is 0 Å². The summed E-state index contributed by atoms with van der Waals surface area (Å²) in [7, 11) is 0. The van der Waals surface area contributed by atoms with E-state index in [4.69, 9.17) is 0 Å². The lowest BCUT2D eigenvalue weighted by molar-refractivity contribution is -0.141. The van der Waals surface area contributed by atoms with Crippen molar-refractivity contribution >= 4 is 11.8 Å². The van der Waals surface area contributed by atoms with Gasteiger partial charge >= 0.3 is 0 Å². The molecule has 3 atom stereocenters. The standard InChI is InChI=1S/C17H28N2O2/c1-2-12-6-5-7-13(10-12)18-15-11-16(20)19(17(15)21)14-8-3-4-9-14/h12-15,18H,2-11H2,1H3.